The molecule has 0 unspecified atom stereocenters. The lowest BCUT2D eigenvalue weighted by molar-refractivity contribution is -0.111. The first-order chi connectivity index (χ1) is 11.0. The van der Waals surface area contributed by atoms with E-state index in [2.05, 4.69) is 30.0 Å². The van der Waals surface area contributed by atoms with Crippen molar-refractivity contribution >= 4 is 22.3 Å². The summed E-state index contributed by atoms with van der Waals surface area (Å²) in [7, 11) is 4.15. The number of aryl methyl sites for hydroxylation is 1. The molecule has 0 spiro atoms. The summed E-state index contributed by atoms with van der Waals surface area (Å²) in [5, 5.41) is 1.18. The molecule has 0 amide bonds. The first kappa shape index (κ1) is 17.3. The number of benzene rings is 1. The lowest BCUT2D eigenvalue weighted by atomic mass is 9.97. The van der Waals surface area contributed by atoms with E-state index >= 15 is 0 Å². The predicted octanol–water partition coefficient (Wildman–Crippen LogP) is 3.33. The number of ketones is 1. The molecule has 23 heavy (non-hydrogen) atoms. The summed E-state index contributed by atoms with van der Waals surface area (Å²) in [4.78, 5) is 17.8. The summed E-state index contributed by atoms with van der Waals surface area (Å²) in [6.45, 7) is 4.58. The molecule has 0 saturated carbocycles. The van der Waals surface area contributed by atoms with Crippen molar-refractivity contribution in [3.8, 4) is 0 Å². The van der Waals surface area contributed by atoms with E-state index in [-0.39, 0.29) is 5.78 Å². The van der Waals surface area contributed by atoms with Gasteiger partial charge in [0.2, 0.25) is 0 Å². The van der Waals surface area contributed by atoms with Gasteiger partial charge in [0.15, 0.2) is 5.78 Å². The molecule has 1 heterocycles. The molecule has 0 atom stereocenters. The van der Waals surface area contributed by atoms with Crippen molar-refractivity contribution in [2.45, 2.75) is 33.1 Å². The third-order valence-corrected chi connectivity index (χ3v) is 4.15. The van der Waals surface area contributed by atoms with Gasteiger partial charge in [-0.2, -0.15) is 0 Å². The molecule has 2 aromatic rings. The normalized spacial score (nSPS) is 12.7. The van der Waals surface area contributed by atoms with Crippen LogP contribution in [0, 0.1) is 0 Å². The van der Waals surface area contributed by atoms with E-state index in [4.69, 9.17) is 5.73 Å². The van der Waals surface area contributed by atoms with E-state index in [1.807, 2.05) is 25.1 Å². The van der Waals surface area contributed by atoms with Crippen LogP contribution >= 0.6 is 0 Å². The van der Waals surface area contributed by atoms with E-state index in [9.17, 15) is 4.79 Å². The van der Waals surface area contributed by atoms with Gasteiger partial charge in [-0.25, -0.2) is 0 Å². The standard InChI is InChI=1S/C19H27N3O/c1-5-16(20)18(13(2)23)19-15(10-8-12-22(3)4)14-9-6-7-11-17(14)21-19/h6-7,9,11,21H,5,8,10,12,20H2,1-4H3. The fraction of sp³-hybridized carbons (Fsp3) is 0.421. The maximum Gasteiger partial charge on any atom is 0.163 e. The van der Waals surface area contributed by atoms with Gasteiger partial charge in [-0.05, 0) is 58.5 Å². The highest BCUT2D eigenvalue weighted by Gasteiger charge is 2.19. The van der Waals surface area contributed by atoms with Gasteiger partial charge < -0.3 is 15.6 Å². The maximum absolute atomic E-state index is 12.2. The molecule has 0 radical (unpaired) electrons. The minimum Gasteiger partial charge on any atom is -0.401 e. The number of hydrogen-bond acceptors (Lipinski definition) is 3. The maximum atomic E-state index is 12.2. The SMILES string of the molecule is CCC(N)=C(C(C)=O)c1[nH]c2ccccc2c1CCCN(C)C. The van der Waals surface area contributed by atoms with Crippen molar-refractivity contribution < 1.29 is 4.79 Å². The minimum absolute atomic E-state index is 0.0183. The van der Waals surface area contributed by atoms with E-state index in [0.29, 0.717) is 17.7 Å². The first-order valence-electron chi connectivity index (χ1n) is 8.20. The molecule has 3 N–H and O–H groups in total. The van der Waals surface area contributed by atoms with Crippen LogP contribution in [0.1, 0.15) is 37.9 Å². The average molecular weight is 313 g/mol. The van der Waals surface area contributed by atoms with Crippen molar-refractivity contribution in [2.75, 3.05) is 20.6 Å². The minimum atomic E-state index is 0.0183. The second-order valence-corrected chi connectivity index (χ2v) is 6.24. The molecule has 0 aliphatic rings. The second kappa shape index (κ2) is 7.47. The number of allylic oxidation sites excluding steroid dienone is 2. The molecular formula is C19H27N3O. The Morgan fingerprint density at radius 3 is 2.57 bits per heavy atom. The van der Waals surface area contributed by atoms with Crippen LogP contribution in [0.5, 0.6) is 0 Å². The number of fused-ring (bicyclic) bond motifs is 1. The number of nitrogens with two attached hydrogens (primary N) is 1. The van der Waals surface area contributed by atoms with Crippen molar-refractivity contribution in [2.24, 2.45) is 5.73 Å². The van der Waals surface area contributed by atoms with Gasteiger partial charge in [-0.15, -0.1) is 0 Å². The van der Waals surface area contributed by atoms with Crippen molar-refractivity contribution in [1.82, 2.24) is 9.88 Å². The molecule has 0 aliphatic heterocycles. The summed E-state index contributed by atoms with van der Waals surface area (Å²) >= 11 is 0. The Bertz CT molecular complexity index is 725. The fourth-order valence-electron chi connectivity index (χ4n) is 2.98. The van der Waals surface area contributed by atoms with Crippen molar-refractivity contribution in [1.29, 1.82) is 0 Å². The summed E-state index contributed by atoms with van der Waals surface area (Å²) < 4.78 is 0. The Kier molecular flexibility index (Phi) is 5.61. The Labute approximate surface area is 138 Å². The zero-order chi connectivity index (χ0) is 17.0. The molecule has 1 aromatic carbocycles. The van der Waals surface area contributed by atoms with Crippen LogP contribution in [0.2, 0.25) is 0 Å². The lowest BCUT2D eigenvalue weighted by Gasteiger charge is -2.12. The van der Waals surface area contributed by atoms with Crippen molar-refractivity contribution in [3.05, 3.63) is 41.2 Å². The highest BCUT2D eigenvalue weighted by molar-refractivity contribution is 6.21. The molecule has 0 bridgehead atoms. The fourth-order valence-corrected chi connectivity index (χ4v) is 2.98. The molecule has 0 saturated heterocycles. The Hall–Kier alpha value is -2.07. The van der Waals surface area contributed by atoms with Crippen molar-refractivity contribution in [3.63, 3.8) is 0 Å². The zero-order valence-corrected chi connectivity index (χ0v) is 14.6. The number of carbonyl (C=O) groups is 1. The summed E-state index contributed by atoms with van der Waals surface area (Å²) in [5.41, 5.74) is 10.6. The van der Waals surface area contributed by atoms with Gasteiger partial charge in [0, 0.05) is 16.6 Å². The second-order valence-electron chi connectivity index (χ2n) is 6.24. The molecule has 2 rings (SSSR count). The van der Waals surface area contributed by atoms with Gasteiger partial charge >= 0.3 is 0 Å². The van der Waals surface area contributed by atoms with Crippen LogP contribution in [-0.4, -0.2) is 36.3 Å². The highest BCUT2D eigenvalue weighted by atomic mass is 16.1. The van der Waals surface area contributed by atoms with Crippen LogP contribution in [0.3, 0.4) is 0 Å². The van der Waals surface area contributed by atoms with Gasteiger partial charge in [0.25, 0.3) is 0 Å². The third kappa shape index (κ3) is 3.82. The number of para-hydroxylation sites is 1. The number of hydrogen-bond donors (Lipinski definition) is 2. The average Bonchev–Trinajstić information content (AvgIpc) is 2.85. The predicted molar refractivity (Wildman–Crippen MR) is 97.3 cm³/mol. The van der Waals surface area contributed by atoms with Gasteiger partial charge in [0.05, 0.1) is 11.3 Å². The van der Waals surface area contributed by atoms with Gasteiger partial charge in [-0.3, -0.25) is 4.79 Å². The number of nitrogens with one attached hydrogen (secondary N) is 1. The largest absolute Gasteiger partial charge is 0.401 e. The number of aromatic amines is 1. The van der Waals surface area contributed by atoms with Crippen LogP contribution < -0.4 is 5.73 Å². The van der Waals surface area contributed by atoms with Crippen LogP contribution in [0.25, 0.3) is 16.5 Å². The molecular weight excluding hydrogens is 286 g/mol. The van der Waals surface area contributed by atoms with Crippen LogP contribution in [-0.2, 0) is 11.2 Å². The Balaban J connectivity index is 2.55. The molecule has 1 aromatic heterocycles. The molecule has 124 valence electrons. The molecule has 0 fully saturated rings. The first-order valence-corrected chi connectivity index (χ1v) is 8.20. The van der Waals surface area contributed by atoms with Gasteiger partial charge in [0.1, 0.15) is 0 Å². The number of Topliss-reactive ketones (excluding diaryl/α,β-unsaturated/α-hetero) is 1. The third-order valence-electron chi connectivity index (χ3n) is 4.15. The lowest BCUT2D eigenvalue weighted by Crippen LogP contribution is -2.14. The van der Waals surface area contributed by atoms with E-state index in [0.717, 1.165) is 30.6 Å². The van der Waals surface area contributed by atoms with E-state index in [1.165, 1.54) is 10.9 Å². The Morgan fingerprint density at radius 2 is 1.96 bits per heavy atom. The van der Waals surface area contributed by atoms with Crippen LogP contribution in [0.15, 0.2) is 30.0 Å². The zero-order valence-electron chi connectivity index (χ0n) is 14.6. The number of H-pyrrole nitrogens is 1. The number of nitrogens with zero attached hydrogens (tertiary/aromatic N) is 1. The smallest absolute Gasteiger partial charge is 0.163 e. The van der Waals surface area contributed by atoms with Gasteiger partial charge in [-0.1, -0.05) is 25.1 Å². The topological polar surface area (TPSA) is 62.1 Å². The highest BCUT2D eigenvalue weighted by Crippen LogP contribution is 2.30. The number of carbonyl (C=O) groups excluding carboxylic acids is 1. The number of rotatable bonds is 7. The monoisotopic (exact) mass is 313 g/mol. The molecule has 4 heteroatoms. The van der Waals surface area contributed by atoms with E-state index < -0.39 is 0 Å². The quantitative estimate of drug-likeness (QED) is 0.771. The summed E-state index contributed by atoms with van der Waals surface area (Å²) in [6, 6.07) is 8.21. The summed E-state index contributed by atoms with van der Waals surface area (Å²) in [6.07, 6.45) is 2.63. The van der Waals surface area contributed by atoms with E-state index in [1.54, 1.807) is 6.92 Å². The molecule has 0 aliphatic carbocycles. The number of aromatic nitrogens is 1. The Morgan fingerprint density at radius 1 is 1.26 bits per heavy atom. The van der Waals surface area contributed by atoms with Crippen LogP contribution in [0.4, 0.5) is 0 Å². The molecule has 4 nitrogen and oxygen atoms in total. The summed E-state index contributed by atoms with van der Waals surface area (Å²) in [5.74, 6) is 0.0183.